The normalized spacial score (nSPS) is 11.1. The highest BCUT2D eigenvalue weighted by Crippen LogP contribution is 2.14. The molecule has 0 unspecified atom stereocenters. The molecule has 2 aromatic carbocycles. The maximum absolute atomic E-state index is 11.9. The van der Waals surface area contributed by atoms with Gasteiger partial charge in [-0.1, -0.05) is 36.4 Å². The molecule has 0 atom stereocenters. The Morgan fingerprint density at radius 2 is 1.50 bits per heavy atom. The van der Waals surface area contributed by atoms with E-state index < -0.39 is 10.1 Å². The molecule has 0 heterocycles. The van der Waals surface area contributed by atoms with Crippen molar-refractivity contribution in [3.05, 3.63) is 60.7 Å². The smallest absolute Gasteiger partial charge is 0.310 e. The zero-order valence-electron chi connectivity index (χ0n) is 11.3. The molecule has 0 radical (unpaired) electrons. The summed E-state index contributed by atoms with van der Waals surface area (Å²) < 4.78 is 28.8. The summed E-state index contributed by atoms with van der Waals surface area (Å²) in [5.41, 5.74) is 0.974. The summed E-state index contributed by atoms with van der Waals surface area (Å²) in [5.74, 6) is 0.280. The minimum absolute atomic E-state index is 0.0622. The Balaban J connectivity index is 1.93. The molecule has 0 fully saturated rings. The Kier molecular flexibility index (Phi) is 4.63. The van der Waals surface area contributed by atoms with Crippen LogP contribution >= 0.6 is 0 Å². The largest absolute Gasteiger partial charge is 0.382 e. The molecule has 0 amide bonds. The maximum Gasteiger partial charge on any atom is 0.310 e. The van der Waals surface area contributed by atoms with E-state index in [1.54, 1.807) is 24.3 Å². The van der Waals surface area contributed by atoms with Gasteiger partial charge in [0.25, 0.3) is 0 Å². The van der Waals surface area contributed by atoms with E-state index in [4.69, 9.17) is 4.18 Å². The Labute approximate surface area is 119 Å². The monoisotopic (exact) mass is 291 g/mol. The highest BCUT2D eigenvalue weighted by atomic mass is 32.2. The predicted molar refractivity (Wildman–Crippen MR) is 80.6 cm³/mol. The number of benzene rings is 2. The quantitative estimate of drug-likeness (QED) is 0.767. The van der Waals surface area contributed by atoms with Crippen molar-refractivity contribution in [3.8, 4) is 5.75 Å². The van der Waals surface area contributed by atoms with Crippen LogP contribution in [-0.2, 0) is 10.1 Å². The summed E-state index contributed by atoms with van der Waals surface area (Å²) >= 11 is 0. The van der Waals surface area contributed by atoms with E-state index in [9.17, 15) is 8.42 Å². The summed E-state index contributed by atoms with van der Waals surface area (Å²) in [6, 6.07) is 18.2. The van der Waals surface area contributed by atoms with Crippen LogP contribution in [0.3, 0.4) is 0 Å². The maximum atomic E-state index is 11.9. The van der Waals surface area contributed by atoms with Gasteiger partial charge < -0.3 is 9.08 Å². The van der Waals surface area contributed by atoms with Gasteiger partial charge in [0.15, 0.2) is 0 Å². The molecule has 2 rings (SSSR count). The van der Waals surface area contributed by atoms with Crippen molar-refractivity contribution in [2.45, 2.75) is 0 Å². The van der Waals surface area contributed by atoms with Gasteiger partial charge in [0, 0.05) is 19.3 Å². The first kappa shape index (κ1) is 14.4. The molecule has 0 aliphatic heterocycles. The van der Waals surface area contributed by atoms with Crippen LogP contribution in [0.1, 0.15) is 0 Å². The summed E-state index contributed by atoms with van der Waals surface area (Å²) in [5, 5.41) is 0. The number of anilines is 1. The number of hydrogen-bond acceptors (Lipinski definition) is 4. The van der Waals surface area contributed by atoms with Gasteiger partial charge in [-0.25, -0.2) is 0 Å². The molecule has 2 aromatic rings. The van der Waals surface area contributed by atoms with Crippen LogP contribution in [0.15, 0.2) is 60.7 Å². The van der Waals surface area contributed by atoms with Gasteiger partial charge in [-0.15, -0.1) is 0 Å². The van der Waals surface area contributed by atoms with Crippen LogP contribution in [-0.4, -0.2) is 27.8 Å². The predicted octanol–water partition coefficient (Wildman–Crippen LogP) is 2.53. The van der Waals surface area contributed by atoms with E-state index in [-0.39, 0.29) is 5.75 Å². The van der Waals surface area contributed by atoms with E-state index in [0.29, 0.717) is 12.3 Å². The van der Waals surface area contributed by atoms with Crippen molar-refractivity contribution in [1.29, 1.82) is 0 Å². The van der Waals surface area contributed by atoms with E-state index in [0.717, 1.165) is 5.69 Å². The molecule has 0 saturated carbocycles. The molecule has 4 nitrogen and oxygen atoms in total. The van der Waals surface area contributed by atoms with Gasteiger partial charge in [-0.05, 0) is 24.3 Å². The fraction of sp³-hybridized carbons (Fsp3) is 0.200. The van der Waals surface area contributed by atoms with Gasteiger partial charge in [0.05, 0.1) is 0 Å². The van der Waals surface area contributed by atoms with Crippen molar-refractivity contribution in [1.82, 2.24) is 0 Å². The molecule has 0 saturated heterocycles. The second kappa shape index (κ2) is 6.43. The Hall–Kier alpha value is -2.01. The zero-order valence-corrected chi connectivity index (χ0v) is 12.1. The van der Waals surface area contributed by atoms with Crippen molar-refractivity contribution in [3.63, 3.8) is 0 Å². The van der Waals surface area contributed by atoms with Gasteiger partial charge in [0.1, 0.15) is 11.5 Å². The van der Waals surface area contributed by atoms with Crippen molar-refractivity contribution < 1.29 is 12.6 Å². The molecule has 0 N–H and O–H groups in total. The lowest BCUT2D eigenvalue weighted by molar-refractivity contribution is 0.486. The van der Waals surface area contributed by atoms with Crippen LogP contribution in [0, 0.1) is 0 Å². The van der Waals surface area contributed by atoms with Crippen LogP contribution < -0.4 is 9.08 Å². The second-order valence-corrected chi connectivity index (χ2v) is 6.11. The third-order valence-corrected chi connectivity index (χ3v) is 3.97. The number of nitrogens with zero attached hydrogens (tertiary/aromatic N) is 1. The Morgan fingerprint density at radius 3 is 2.10 bits per heavy atom. The SMILES string of the molecule is CN(CCS(=O)(=O)Oc1ccccc1)c1ccccc1. The molecule has 106 valence electrons. The lowest BCUT2D eigenvalue weighted by Crippen LogP contribution is -2.27. The van der Waals surface area contributed by atoms with Crippen molar-refractivity contribution in [2.75, 3.05) is 24.2 Å². The van der Waals surface area contributed by atoms with Gasteiger partial charge in [-0.2, -0.15) is 8.42 Å². The van der Waals surface area contributed by atoms with Crippen LogP contribution in [0.5, 0.6) is 5.75 Å². The molecule has 20 heavy (non-hydrogen) atoms. The average Bonchev–Trinajstić information content (AvgIpc) is 2.46. The lowest BCUT2D eigenvalue weighted by atomic mass is 10.3. The standard InChI is InChI=1S/C15H17NO3S/c1-16(14-8-4-2-5-9-14)12-13-20(17,18)19-15-10-6-3-7-11-15/h2-11H,12-13H2,1H3. The zero-order chi connectivity index (χ0) is 14.4. The Bertz CT molecular complexity index is 627. The van der Waals surface area contributed by atoms with E-state index in [2.05, 4.69) is 0 Å². The van der Waals surface area contributed by atoms with Crippen molar-refractivity contribution in [2.24, 2.45) is 0 Å². The van der Waals surface area contributed by atoms with E-state index >= 15 is 0 Å². The molecular formula is C15H17NO3S. The van der Waals surface area contributed by atoms with Crippen LogP contribution in [0.25, 0.3) is 0 Å². The summed E-state index contributed by atoms with van der Waals surface area (Å²) in [6.45, 7) is 0.374. The highest BCUT2D eigenvalue weighted by Gasteiger charge is 2.14. The fourth-order valence-corrected chi connectivity index (χ4v) is 2.71. The number of hydrogen-bond donors (Lipinski definition) is 0. The molecule has 0 aliphatic rings. The molecule has 0 aromatic heterocycles. The number of para-hydroxylation sites is 2. The molecule has 0 spiro atoms. The summed E-state index contributed by atoms with van der Waals surface area (Å²) in [4.78, 5) is 1.88. The molecule has 5 heteroatoms. The van der Waals surface area contributed by atoms with Crippen molar-refractivity contribution >= 4 is 15.8 Å². The third kappa shape index (κ3) is 4.28. The summed E-state index contributed by atoms with van der Waals surface area (Å²) in [6.07, 6.45) is 0. The Morgan fingerprint density at radius 1 is 0.950 bits per heavy atom. The summed E-state index contributed by atoms with van der Waals surface area (Å²) in [7, 11) is -1.72. The second-order valence-electron chi connectivity index (χ2n) is 4.42. The van der Waals surface area contributed by atoms with Gasteiger partial charge >= 0.3 is 10.1 Å². The highest BCUT2D eigenvalue weighted by molar-refractivity contribution is 7.87. The van der Waals surface area contributed by atoms with Gasteiger partial charge in [-0.3, -0.25) is 0 Å². The van der Waals surface area contributed by atoms with Gasteiger partial charge in [0.2, 0.25) is 0 Å². The third-order valence-electron chi connectivity index (χ3n) is 2.84. The first-order valence-corrected chi connectivity index (χ1v) is 7.88. The molecule has 0 bridgehead atoms. The fourth-order valence-electron chi connectivity index (χ4n) is 1.72. The first-order chi connectivity index (χ1) is 9.57. The first-order valence-electron chi connectivity index (χ1n) is 6.30. The minimum Gasteiger partial charge on any atom is -0.382 e. The molecular weight excluding hydrogens is 274 g/mol. The number of rotatable bonds is 6. The van der Waals surface area contributed by atoms with E-state index in [1.165, 1.54) is 0 Å². The minimum atomic E-state index is -3.58. The lowest BCUT2D eigenvalue weighted by Gasteiger charge is -2.18. The average molecular weight is 291 g/mol. The topological polar surface area (TPSA) is 46.6 Å². The molecule has 0 aliphatic carbocycles. The van der Waals surface area contributed by atoms with Crippen LogP contribution in [0.4, 0.5) is 5.69 Å². The van der Waals surface area contributed by atoms with Crippen LogP contribution in [0.2, 0.25) is 0 Å². The van der Waals surface area contributed by atoms with E-state index in [1.807, 2.05) is 48.3 Å².